The zero-order valence-corrected chi connectivity index (χ0v) is 14.7. The molecule has 6 heteroatoms. The van der Waals surface area contributed by atoms with Crippen LogP contribution < -0.4 is 10.1 Å². The third-order valence-electron chi connectivity index (χ3n) is 3.02. The molecule has 0 aliphatic heterocycles. The molecule has 0 fully saturated rings. The van der Waals surface area contributed by atoms with E-state index in [-0.39, 0.29) is 5.91 Å². The molecule has 0 bridgehead atoms. The minimum atomic E-state index is 0.0579. The monoisotopic (exact) mass is 355 g/mol. The first kappa shape index (κ1) is 17.2. The number of hydrogen-bond acceptors (Lipinski definition) is 4. The van der Waals surface area contributed by atoms with Crippen LogP contribution in [0.15, 0.2) is 36.4 Å². The quantitative estimate of drug-likeness (QED) is 0.777. The molecule has 1 heterocycles. The number of rotatable bonds is 8. The number of hydrogen-bond donors (Lipinski definition) is 1. The lowest BCUT2D eigenvalue weighted by Crippen LogP contribution is -2.27. The number of nitrogens with one attached hydrogen (secondary N) is 1. The van der Waals surface area contributed by atoms with Gasteiger partial charge in [0.15, 0.2) is 0 Å². The van der Waals surface area contributed by atoms with Gasteiger partial charge >= 0.3 is 0 Å². The van der Waals surface area contributed by atoms with Gasteiger partial charge in [-0.25, -0.2) is 0 Å². The van der Waals surface area contributed by atoms with Gasteiger partial charge in [-0.1, -0.05) is 29.8 Å². The number of carbonyl (C=O) groups excluding carboxylic acids is 1. The molecule has 0 radical (unpaired) electrons. The molecule has 0 saturated heterocycles. The molecule has 0 aliphatic rings. The second-order valence-electron chi connectivity index (χ2n) is 4.61. The zero-order valence-electron chi connectivity index (χ0n) is 12.3. The first-order valence-corrected chi connectivity index (χ1v) is 9.24. The van der Waals surface area contributed by atoms with Crippen LogP contribution in [0, 0.1) is 0 Å². The van der Waals surface area contributed by atoms with Gasteiger partial charge in [0.2, 0.25) is 5.91 Å². The maximum absolute atomic E-state index is 11.8. The predicted octanol–water partition coefficient (Wildman–Crippen LogP) is 4.00. The van der Waals surface area contributed by atoms with Crippen molar-refractivity contribution in [3.8, 4) is 5.75 Å². The Morgan fingerprint density at radius 2 is 2.14 bits per heavy atom. The van der Waals surface area contributed by atoms with E-state index in [1.807, 2.05) is 36.4 Å². The molecule has 2 aromatic rings. The summed E-state index contributed by atoms with van der Waals surface area (Å²) in [5.41, 5.74) is 1.10. The van der Waals surface area contributed by atoms with Gasteiger partial charge < -0.3 is 10.1 Å². The van der Waals surface area contributed by atoms with Crippen molar-refractivity contribution >= 4 is 40.6 Å². The Bertz CT molecular complexity index is 616. The maximum Gasteiger partial charge on any atom is 0.230 e. The molecule has 3 nitrogen and oxygen atoms in total. The molecule has 2 rings (SSSR count). The fourth-order valence-electron chi connectivity index (χ4n) is 1.97. The van der Waals surface area contributed by atoms with Crippen LogP contribution in [0.5, 0.6) is 5.75 Å². The van der Waals surface area contributed by atoms with E-state index in [0.29, 0.717) is 12.3 Å². The van der Waals surface area contributed by atoms with Crippen LogP contribution in [0.1, 0.15) is 10.4 Å². The number of amides is 1. The van der Waals surface area contributed by atoms with Crippen LogP contribution in [0.4, 0.5) is 0 Å². The Hall–Kier alpha value is -1.17. The van der Waals surface area contributed by atoms with Crippen LogP contribution in [0.3, 0.4) is 0 Å². The highest BCUT2D eigenvalue weighted by atomic mass is 35.5. The number of thiophene rings is 1. The lowest BCUT2D eigenvalue weighted by molar-refractivity contribution is -0.118. The molecular formula is C16H18ClNO2S2. The largest absolute Gasteiger partial charge is 0.496 e. The fraction of sp³-hybridized carbons (Fsp3) is 0.312. The molecule has 0 spiro atoms. The number of ether oxygens (including phenoxy) is 1. The third kappa shape index (κ3) is 5.55. The van der Waals surface area contributed by atoms with E-state index in [1.54, 1.807) is 30.2 Å². The van der Waals surface area contributed by atoms with Crippen LogP contribution in [0.2, 0.25) is 4.34 Å². The molecule has 1 N–H and O–H groups in total. The fourth-order valence-corrected chi connectivity index (χ4v) is 4.03. The van der Waals surface area contributed by atoms with Gasteiger partial charge in [0.05, 0.1) is 17.2 Å². The van der Waals surface area contributed by atoms with Gasteiger partial charge in [0.1, 0.15) is 5.75 Å². The van der Waals surface area contributed by atoms with Gasteiger partial charge in [0.25, 0.3) is 0 Å². The topological polar surface area (TPSA) is 38.3 Å². The second kappa shape index (κ2) is 9.08. The number of benzene rings is 1. The van der Waals surface area contributed by atoms with E-state index < -0.39 is 0 Å². The van der Waals surface area contributed by atoms with Crippen LogP contribution >= 0.6 is 34.7 Å². The maximum atomic E-state index is 11.8. The lowest BCUT2D eigenvalue weighted by atomic mass is 10.1. The smallest absolute Gasteiger partial charge is 0.230 e. The predicted molar refractivity (Wildman–Crippen MR) is 95.2 cm³/mol. The van der Waals surface area contributed by atoms with Crippen molar-refractivity contribution < 1.29 is 9.53 Å². The summed E-state index contributed by atoms with van der Waals surface area (Å²) in [4.78, 5) is 13.0. The minimum Gasteiger partial charge on any atom is -0.496 e. The number of para-hydroxylation sites is 1. The molecule has 0 atom stereocenters. The van der Waals surface area contributed by atoms with Crippen molar-refractivity contribution in [2.24, 2.45) is 0 Å². The van der Waals surface area contributed by atoms with E-state index >= 15 is 0 Å². The van der Waals surface area contributed by atoms with E-state index in [2.05, 4.69) is 5.32 Å². The second-order valence-corrected chi connectivity index (χ2v) is 7.40. The Kier molecular flexibility index (Phi) is 7.09. The Morgan fingerprint density at radius 1 is 1.32 bits per heavy atom. The van der Waals surface area contributed by atoms with Gasteiger partial charge in [-0.15, -0.1) is 23.1 Å². The first-order chi connectivity index (χ1) is 10.7. The van der Waals surface area contributed by atoms with Gasteiger partial charge in [-0.2, -0.15) is 0 Å². The van der Waals surface area contributed by atoms with Crippen LogP contribution in [0.25, 0.3) is 0 Å². The zero-order chi connectivity index (χ0) is 15.8. The molecule has 0 saturated carbocycles. The van der Waals surface area contributed by atoms with Crippen molar-refractivity contribution in [3.63, 3.8) is 0 Å². The molecule has 1 aromatic heterocycles. The van der Waals surface area contributed by atoms with Gasteiger partial charge in [-0.05, 0) is 30.2 Å². The van der Waals surface area contributed by atoms with Crippen LogP contribution in [-0.2, 0) is 17.0 Å². The average molecular weight is 356 g/mol. The Morgan fingerprint density at radius 3 is 2.86 bits per heavy atom. The Labute approximate surface area is 144 Å². The number of halogens is 1. The summed E-state index contributed by atoms with van der Waals surface area (Å²) in [7, 11) is 1.66. The highest BCUT2D eigenvalue weighted by Gasteiger charge is 2.05. The van der Waals surface area contributed by atoms with Crippen LogP contribution in [-0.4, -0.2) is 25.3 Å². The van der Waals surface area contributed by atoms with Gasteiger partial charge in [-0.3, -0.25) is 4.79 Å². The molecular weight excluding hydrogens is 338 g/mol. The third-order valence-corrected chi connectivity index (χ3v) is 5.41. The molecule has 118 valence electrons. The Balaban J connectivity index is 1.65. The normalized spacial score (nSPS) is 10.5. The van der Waals surface area contributed by atoms with E-state index in [1.165, 1.54) is 4.88 Å². The SMILES string of the molecule is COc1ccccc1CCNC(=O)CSCc1ccc(Cl)s1. The van der Waals surface area contributed by atoms with Crippen molar-refractivity contribution in [3.05, 3.63) is 51.2 Å². The molecule has 1 aromatic carbocycles. The number of carbonyl (C=O) groups is 1. The highest BCUT2D eigenvalue weighted by Crippen LogP contribution is 2.25. The standard InChI is InChI=1S/C16H18ClNO2S2/c1-20-14-5-3-2-4-12(14)8-9-18-16(19)11-21-10-13-6-7-15(17)22-13/h2-7H,8-11H2,1H3,(H,18,19). The minimum absolute atomic E-state index is 0.0579. The molecule has 0 aliphatic carbocycles. The first-order valence-electron chi connectivity index (χ1n) is 6.89. The van der Waals surface area contributed by atoms with Crippen molar-refractivity contribution in [2.75, 3.05) is 19.4 Å². The molecule has 22 heavy (non-hydrogen) atoms. The van der Waals surface area contributed by atoms with Crippen molar-refractivity contribution in [2.45, 2.75) is 12.2 Å². The molecule has 1 amide bonds. The number of thioether (sulfide) groups is 1. The number of methoxy groups -OCH3 is 1. The van der Waals surface area contributed by atoms with E-state index in [0.717, 1.165) is 27.8 Å². The summed E-state index contributed by atoms with van der Waals surface area (Å²) in [6.45, 7) is 0.616. The lowest BCUT2D eigenvalue weighted by Gasteiger charge is -2.09. The average Bonchev–Trinajstić information content (AvgIpc) is 2.93. The van der Waals surface area contributed by atoms with E-state index in [9.17, 15) is 4.79 Å². The van der Waals surface area contributed by atoms with Gasteiger partial charge in [0, 0.05) is 17.2 Å². The van der Waals surface area contributed by atoms with Crippen molar-refractivity contribution in [1.82, 2.24) is 5.32 Å². The summed E-state index contributed by atoms with van der Waals surface area (Å²) in [6, 6.07) is 11.7. The summed E-state index contributed by atoms with van der Waals surface area (Å²) in [5.74, 6) is 2.20. The van der Waals surface area contributed by atoms with E-state index in [4.69, 9.17) is 16.3 Å². The molecule has 0 unspecified atom stereocenters. The summed E-state index contributed by atoms with van der Waals surface area (Å²) >= 11 is 9.03. The summed E-state index contributed by atoms with van der Waals surface area (Å²) in [5, 5.41) is 2.94. The summed E-state index contributed by atoms with van der Waals surface area (Å²) in [6.07, 6.45) is 0.765. The highest BCUT2D eigenvalue weighted by molar-refractivity contribution is 7.99. The van der Waals surface area contributed by atoms with Crippen molar-refractivity contribution in [1.29, 1.82) is 0 Å². The summed E-state index contributed by atoms with van der Waals surface area (Å²) < 4.78 is 6.08.